The molecule has 0 spiro atoms. The van der Waals surface area contributed by atoms with Crippen molar-refractivity contribution in [3.05, 3.63) is 33.8 Å². The first-order valence-electron chi connectivity index (χ1n) is 6.72. The zero-order valence-corrected chi connectivity index (χ0v) is 13.1. The predicted molar refractivity (Wildman–Crippen MR) is 82.1 cm³/mol. The summed E-state index contributed by atoms with van der Waals surface area (Å²) < 4.78 is 0. The SMILES string of the molecule is Cc1nc(CCNc2cnc(C(C)C)nc2C(=O)O)cs1. The molecule has 2 aromatic rings. The van der Waals surface area contributed by atoms with Crippen LogP contribution in [0.1, 0.15) is 46.8 Å². The summed E-state index contributed by atoms with van der Waals surface area (Å²) in [7, 11) is 0. The molecule has 7 heteroatoms. The van der Waals surface area contributed by atoms with Gasteiger partial charge in [0.1, 0.15) is 5.82 Å². The van der Waals surface area contributed by atoms with E-state index in [1.54, 1.807) is 11.3 Å². The number of aryl methyl sites for hydroxylation is 1. The smallest absolute Gasteiger partial charge is 0.356 e. The van der Waals surface area contributed by atoms with E-state index < -0.39 is 5.97 Å². The van der Waals surface area contributed by atoms with Crippen LogP contribution in [-0.4, -0.2) is 32.6 Å². The van der Waals surface area contributed by atoms with Crippen LogP contribution in [0.2, 0.25) is 0 Å². The number of hydrogen-bond acceptors (Lipinski definition) is 6. The second-order valence-corrected chi connectivity index (χ2v) is 6.05. The summed E-state index contributed by atoms with van der Waals surface area (Å²) in [6.07, 6.45) is 2.27. The zero-order valence-electron chi connectivity index (χ0n) is 12.3. The largest absolute Gasteiger partial charge is 0.476 e. The number of carboxylic acid groups (broad SMARTS) is 1. The second kappa shape index (κ2) is 6.62. The molecule has 0 unspecified atom stereocenters. The first kappa shape index (κ1) is 15.4. The fraction of sp³-hybridized carbons (Fsp3) is 0.429. The Labute approximate surface area is 127 Å². The van der Waals surface area contributed by atoms with Gasteiger partial charge < -0.3 is 10.4 Å². The zero-order chi connectivity index (χ0) is 15.4. The van der Waals surface area contributed by atoms with Crippen molar-refractivity contribution in [2.75, 3.05) is 11.9 Å². The van der Waals surface area contributed by atoms with Crippen LogP contribution in [0.5, 0.6) is 0 Å². The van der Waals surface area contributed by atoms with E-state index in [4.69, 9.17) is 0 Å². The summed E-state index contributed by atoms with van der Waals surface area (Å²) in [6, 6.07) is 0. The molecule has 0 radical (unpaired) electrons. The Kier molecular flexibility index (Phi) is 4.85. The van der Waals surface area contributed by atoms with Crippen molar-refractivity contribution < 1.29 is 9.90 Å². The van der Waals surface area contributed by atoms with Gasteiger partial charge in [0.2, 0.25) is 0 Å². The third-order valence-electron chi connectivity index (χ3n) is 2.89. The molecule has 0 saturated heterocycles. The molecule has 2 rings (SSSR count). The summed E-state index contributed by atoms with van der Waals surface area (Å²) in [5.41, 5.74) is 1.46. The Bertz CT molecular complexity index is 640. The van der Waals surface area contributed by atoms with Gasteiger partial charge in [0.05, 0.1) is 22.6 Å². The Morgan fingerprint density at radius 3 is 2.76 bits per heavy atom. The van der Waals surface area contributed by atoms with E-state index in [9.17, 15) is 9.90 Å². The van der Waals surface area contributed by atoms with Gasteiger partial charge in [-0.05, 0) is 6.92 Å². The van der Waals surface area contributed by atoms with Crippen LogP contribution in [0.15, 0.2) is 11.6 Å². The Hall–Kier alpha value is -2.02. The Morgan fingerprint density at radius 2 is 2.19 bits per heavy atom. The first-order valence-corrected chi connectivity index (χ1v) is 7.60. The molecule has 0 amide bonds. The molecule has 0 fully saturated rings. The van der Waals surface area contributed by atoms with Gasteiger partial charge in [-0.25, -0.2) is 19.7 Å². The number of anilines is 1. The third-order valence-corrected chi connectivity index (χ3v) is 3.71. The van der Waals surface area contributed by atoms with Crippen molar-refractivity contribution in [3.63, 3.8) is 0 Å². The molecule has 112 valence electrons. The van der Waals surface area contributed by atoms with Gasteiger partial charge >= 0.3 is 5.97 Å². The van der Waals surface area contributed by atoms with E-state index in [2.05, 4.69) is 20.3 Å². The summed E-state index contributed by atoms with van der Waals surface area (Å²) >= 11 is 1.61. The maximum absolute atomic E-state index is 11.3. The lowest BCUT2D eigenvalue weighted by molar-refractivity contribution is 0.0691. The molecule has 0 atom stereocenters. The highest BCUT2D eigenvalue weighted by atomic mass is 32.1. The van der Waals surface area contributed by atoms with Crippen molar-refractivity contribution in [2.45, 2.75) is 33.1 Å². The van der Waals surface area contributed by atoms with Crippen LogP contribution < -0.4 is 5.32 Å². The normalized spacial score (nSPS) is 10.9. The molecule has 0 bridgehead atoms. The monoisotopic (exact) mass is 306 g/mol. The van der Waals surface area contributed by atoms with Crippen LogP contribution >= 0.6 is 11.3 Å². The van der Waals surface area contributed by atoms with Gasteiger partial charge in [0.25, 0.3) is 0 Å². The number of rotatable bonds is 6. The predicted octanol–water partition coefficient (Wildman–Crippen LogP) is 2.72. The summed E-state index contributed by atoms with van der Waals surface area (Å²) in [5.74, 6) is -0.422. The van der Waals surface area contributed by atoms with Crippen molar-refractivity contribution in [3.8, 4) is 0 Å². The van der Waals surface area contributed by atoms with Gasteiger partial charge in [-0.1, -0.05) is 13.8 Å². The summed E-state index contributed by atoms with van der Waals surface area (Å²) in [6.45, 7) is 6.41. The maximum atomic E-state index is 11.3. The Morgan fingerprint density at radius 1 is 1.43 bits per heavy atom. The molecule has 2 heterocycles. The highest BCUT2D eigenvalue weighted by Gasteiger charge is 2.15. The van der Waals surface area contributed by atoms with Gasteiger partial charge in [-0.3, -0.25) is 0 Å². The minimum absolute atomic E-state index is 0.0168. The van der Waals surface area contributed by atoms with Gasteiger partial charge in [-0.15, -0.1) is 11.3 Å². The van der Waals surface area contributed by atoms with Crippen LogP contribution in [0.25, 0.3) is 0 Å². The molecule has 2 N–H and O–H groups in total. The lowest BCUT2D eigenvalue weighted by Crippen LogP contribution is -2.14. The third kappa shape index (κ3) is 3.98. The lowest BCUT2D eigenvalue weighted by atomic mass is 10.2. The molecule has 0 aliphatic heterocycles. The van der Waals surface area contributed by atoms with E-state index in [1.165, 1.54) is 6.20 Å². The van der Waals surface area contributed by atoms with Crippen LogP contribution in [0.3, 0.4) is 0 Å². The molecule has 0 aromatic carbocycles. The standard InChI is InChI=1S/C14H18N4O2S/c1-8(2)13-16-6-11(12(18-13)14(19)20)15-5-4-10-7-21-9(3)17-10/h6-8,15H,4-5H2,1-3H3,(H,19,20). The molecular weight excluding hydrogens is 288 g/mol. The van der Waals surface area contributed by atoms with Crippen molar-refractivity contribution >= 4 is 23.0 Å². The average Bonchev–Trinajstić information content (AvgIpc) is 2.84. The van der Waals surface area contributed by atoms with Crippen LogP contribution in [0.4, 0.5) is 5.69 Å². The van der Waals surface area contributed by atoms with E-state index in [1.807, 2.05) is 26.2 Å². The fourth-order valence-corrected chi connectivity index (χ4v) is 2.46. The number of carboxylic acids is 1. The average molecular weight is 306 g/mol. The molecule has 0 saturated carbocycles. The molecule has 0 aliphatic carbocycles. The number of nitrogens with zero attached hydrogens (tertiary/aromatic N) is 3. The Balaban J connectivity index is 2.06. The minimum Gasteiger partial charge on any atom is -0.476 e. The topological polar surface area (TPSA) is 88.0 Å². The van der Waals surface area contributed by atoms with Crippen molar-refractivity contribution in [2.24, 2.45) is 0 Å². The first-order chi connectivity index (χ1) is 9.97. The molecule has 0 aliphatic rings. The highest BCUT2D eigenvalue weighted by Crippen LogP contribution is 2.16. The van der Waals surface area contributed by atoms with E-state index in [0.29, 0.717) is 18.1 Å². The molecule has 21 heavy (non-hydrogen) atoms. The van der Waals surface area contributed by atoms with E-state index >= 15 is 0 Å². The van der Waals surface area contributed by atoms with Crippen LogP contribution in [0, 0.1) is 6.92 Å². The number of aromatic nitrogens is 3. The van der Waals surface area contributed by atoms with Crippen LogP contribution in [-0.2, 0) is 6.42 Å². The van der Waals surface area contributed by atoms with E-state index in [0.717, 1.165) is 17.1 Å². The fourth-order valence-electron chi connectivity index (χ4n) is 1.81. The summed E-state index contributed by atoms with van der Waals surface area (Å²) in [5, 5.41) is 15.4. The minimum atomic E-state index is -1.05. The van der Waals surface area contributed by atoms with Gasteiger partial charge in [0, 0.05) is 24.3 Å². The molecule has 6 nitrogen and oxygen atoms in total. The maximum Gasteiger partial charge on any atom is 0.356 e. The molecular formula is C14H18N4O2S. The number of thiazole rings is 1. The molecule has 2 aromatic heterocycles. The van der Waals surface area contributed by atoms with E-state index in [-0.39, 0.29) is 11.6 Å². The quantitative estimate of drug-likeness (QED) is 0.853. The number of hydrogen-bond donors (Lipinski definition) is 2. The lowest BCUT2D eigenvalue weighted by Gasteiger charge is -2.10. The van der Waals surface area contributed by atoms with Crippen molar-refractivity contribution in [1.29, 1.82) is 0 Å². The highest BCUT2D eigenvalue weighted by molar-refractivity contribution is 7.09. The number of carbonyl (C=O) groups is 1. The number of aromatic carboxylic acids is 1. The second-order valence-electron chi connectivity index (χ2n) is 4.98. The van der Waals surface area contributed by atoms with Crippen molar-refractivity contribution in [1.82, 2.24) is 15.0 Å². The van der Waals surface area contributed by atoms with Gasteiger partial charge in [-0.2, -0.15) is 0 Å². The summed E-state index contributed by atoms with van der Waals surface area (Å²) in [4.78, 5) is 24.0. The number of nitrogens with one attached hydrogen (secondary N) is 1. The van der Waals surface area contributed by atoms with Gasteiger partial charge in [0.15, 0.2) is 5.69 Å².